The second-order valence-corrected chi connectivity index (χ2v) is 7.64. The average Bonchev–Trinajstić information content (AvgIpc) is 2.83. The van der Waals surface area contributed by atoms with Gasteiger partial charge in [0.1, 0.15) is 11.9 Å². The number of pyridine rings is 1. The van der Waals surface area contributed by atoms with Crippen LogP contribution in [-0.2, 0) is 17.8 Å². The summed E-state index contributed by atoms with van der Waals surface area (Å²) in [7, 11) is 0. The van der Waals surface area contributed by atoms with Gasteiger partial charge in [0.2, 0.25) is 5.91 Å². The number of benzene rings is 1. The van der Waals surface area contributed by atoms with E-state index in [4.69, 9.17) is 5.26 Å². The number of carbonyl (C=O) groups excluding carboxylic acids is 1. The van der Waals surface area contributed by atoms with Crippen LogP contribution in [0.4, 0.5) is 5.82 Å². The fraction of sp³-hybridized carbons (Fsp3) is 0.136. The predicted octanol–water partition coefficient (Wildman–Crippen LogP) is 2.43. The van der Waals surface area contributed by atoms with Crippen LogP contribution in [0, 0.1) is 11.3 Å². The Morgan fingerprint density at radius 1 is 1.09 bits per heavy atom. The Kier molecular flexibility index (Phi) is 6.48. The van der Waals surface area contributed by atoms with Gasteiger partial charge in [-0.1, -0.05) is 42.1 Å². The Morgan fingerprint density at radius 3 is 2.66 bits per heavy atom. The molecule has 10 heteroatoms. The quantitative estimate of drug-likeness (QED) is 0.341. The molecule has 0 spiro atoms. The molecule has 0 saturated heterocycles. The third-order valence-corrected chi connectivity index (χ3v) is 5.49. The molecule has 0 radical (unpaired) electrons. The van der Waals surface area contributed by atoms with Gasteiger partial charge in [-0.2, -0.15) is 5.26 Å². The van der Waals surface area contributed by atoms with Crippen molar-refractivity contribution in [3.63, 3.8) is 0 Å². The van der Waals surface area contributed by atoms with Crippen molar-refractivity contribution in [2.45, 2.75) is 18.1 Å². The fourth-order valence-electron chi connectivity index (χ4n) is 2.96. The van der Waals surface area contributed by atoms with Gasteiger partial charge < -0.3 is 5.32 Å². The number of nitrogens with zero attached hydrogens (tertiary/aromatic N) is 6. The molecule has 0 unspecified atom stereocenters. The van der Waals surface area contributed by atoms with Gasteiger partial charge in [-0.05, 0) is 24.1 Å². The molecule has 0 atom stereocenters. The van der Waals surface area contributed by atoms with Gasteiger partial charge in [0.05, 0.1) is 11.3 Å². The standard InChI is InChI=1S/C22H17N7O2S/c23-12-16-6-7-17(26-13-16)27-18(30)14-32-22-28-20-19(24-9-10-25-20)21(31)29(22)11-8-15-4-2-1-3-5-15/h1-7,9-10,13H,8,11,14H2,(H,26,27,30). The number of hydrogen-bond donors (Lipinski definition) is 1. The molecule has 1 aromatic carbocycles. The monoisotopic (exact) mass is 443 g/mol. The Balaban J connectivity index is 1.53. The molecule has 1 N–H and O–H groups in total. The summed E-state index contributed by atoms with van der Waals surface area (Å²) in [6.07, 6.45) is 4.94. The lowest BCUT2D eigenvalue weighted by Gasteiger charge is -2.12. The number of nitrogens with one attached hydrogen (secondary N) is 1. The molecule has 3 heterocycles. The molecule has 0 fully saturated rings. The molecular formula is C22H17N7O2S. The number of aromatic nitrogens is 5. The van der Waals surface area contributed by atoms with Crippen LogP contribution in [0.5, 0.6) is 0 Å². The third kappa shape index (κ3) is 4.96. The van der Waals surface area contributed by atoms with Gasteiger partial charge in [0, 0.05) is 25.1 Å². The summed E-state index contributed by atoms with van der Waals surface area (Å²) in [6, 6.07) is 14.9. The lowest BCUT2D eigenvalue weighted by Crippen LogP contribution is -2.26. The highest BCUT2D eigenvalue weighted by Gasteiger charge is 2.15. The lowest BCUT2D eigenvalue weighted by atomic mass is 10.1. The molecule has 0 aliphatic heterocycles. The van der Waals surface area contributed by atoms with Crippen molar-refractivity contribution in [1.29, 1.82) is 5.26 Å². The highest BCUT2D eigenvalue weighted by Crippen LogP contribution is 2.17. The predicted molar refractivity (Wildman–Crippen MR) is 120 cm³/mol. The van der Waals surface area contributed by atoms with E-state index in [0.717, 1.165) is 17.3 Å². The first-order chi connectivity index (χ1) is 15.6. The van der Waals surface area contributed by atoms with Crippen LogP contribution in [0.1, 0.15) is 11.1 Å². The maximum atomic E-state index is 13.0. The van der Waals surface area contributed by atoms with Gasteiger partial charge in [-0.3, -0.25) is 14.2 Å². The zero-order valence-corrected chi connectivity index (χ0v) is 17.6. The van der Waals surface area contributed by atoms with Crippen molar-refractivity contribution < 1.29 is 4.79 Å². The molecule has 1 amide bonds. The van der Waals surface area contributed by atoms with Crippen molar-refractivity contribution in [2.24, 2.45) is 0 Å². The van der Waals surface area contributed by atoms with E-state index in [9.17, 15) is 9.59 Å². The SMILES string of the molecule is N#Cc1ccc(NC(=O)CSc2nc3nccnc3c(=O)n2CCc2ccccc2)nc1. The van der Waals surface area contributed by atoms with E-state index >= 15 is 0 Å². The summed E-state index contributed by atoms with van der Waals surface area (Å²) in [5, 5.41) is 11.9. The van der Waals surface area contributed by atoms with Crippen molar-refractivity contribution in [2.75, 3.05) is 11.1 Å². The van der Waals surface area contributed by atoms with Gasteiger partial charge >= 0.3 is 0 Å². The maximum absolute atomic E-state index is 13.0. The second-order valence-electron chi connectivity index (χ2n) is 6.70. The van der Waals surface area contributed by atoms with Gasteiger partial charge in [0.15, 0.2) is 16.3 Å². The van der Waals surface area contributed by atoms with Crippen LogP contribution in [0.3, 0.4) is 0 Å². The van der Waals surface area contributed by atoms with Crippen molar-refractivity contribution >= 4 is 34.7 Å². The zero-order valence-electron chi connectivity index (χ0n) is 16.8. The molecule has 4 rings (SSSR count). The van der Waals surface area contributed by atoms with Crippen molar-refractivity contribution in [3.05, 3.63) is 82.5 Å². The molecule has 158 valence electrons. The van der Waals surface area contributed by atoms with Gasteiger partial charge in [-0.25, -0.2) is 19.9 Å². The third-order valence-electron chi connectivity index (χ3n) is 4.52. The van der Waals surface area contributed by atoms with E-state index < -0.39 is 0 Å². The van der Waals surface area contributed by atoms with Crippen LogP contribution >= 0.6 is 11.8 Å². The van der Waals surface area contributed by atoms with Gasteiger partial charge in [0.25, 0.3) is 5.56 Å². The Bertz CT molecular complexity index is 1350. The first kappa shape index (κ1) is 21.1. The van der Waals surface area contributed by atoms with E-state index in [-0.39, 0.29) is 28.4 Å². The minimum absolute atomic E-state index is 0.0191. The smallest absolute Gasteiger partial charge is 0.282 e. The maximum Gasteiger partial charge on any atom is 0.282 e. The number of rotatable bonds is 7. The normalized spacial score (nSPS) is 10.6. The molecule has 0 saturated carbocycles. The number of fused-ring (bicyclic) bond motifs is 1. The number of carbonyl (C=O) groups is 1. The minimum Gasteiger partial charge on any atom is -0.310 e. The average molecular weight is 443 g/mol. The molecule has 3 aromatic heterocycles. The highest BCUT2D eigenvalue weighted by atomic mass is 32.2. The van der Waals surface area contributed by atoms with Crippen LogP contribution in [-0.4, -0.2) is 36.2 Å². The largest absolute Gasteiger partial charge is 0.310 e. The highest BCUT2D eigenvalue weighted by molar-refractivity contribution is 7.99. The summed E-state index contributed by atoms with van der Waals surface area (Å²) in [5.74, 6) is 0.0503. The molecule has 0 bridgehead atoms. The molecule has 0 aliphatic carbocycles. The summed E-state index contributed by atoms with van der Waals surface area (Å²) in [5.41, 5.74) is 1.62. The van der Waals surface area contributed by atoms with Crippen molar-refractivity contribution in [1.82, 2.24) is 24.5 Å². The van der Waals surface area contributed by atoms with E-state index in [1.54, 1.807) is 12.1 Å². The van der Waals surface area contributed by atoms with Crippen LogP contribution < -0.4 is 10.9 Å². The Labute approximate surface area is 187 Å². The number of anilines is 1. The fourth-order valence-corrected chi connectivity index (χ4v) is 3.78. The number of amides is 1. The molecule has 0 aliphatic rings. The van der Waals surface area contributed by atoms with E-state index in [1.165, 1.54) is 23.2 Å². The topological polar surface area (TPSA) is 126 Å². The summed E-state index contributed by atoms with van der Waals surface area (Å²) >= 11 is 1.14. The summed E-state index contributed by atoms with van der Waals surface area (Å²) in [6.45, 7) is 0.392. The second kappa shape index (κ2) is 9.80. The molecule has 9 nitrogen and oxygen atoms in total. The Hall–Kier alpha value is -4.10. The first-order valence-corrected chi connectivity index (χ1v) is 10.7. The molecule has 4 aromatic rings. The number of hydrogen-bond acceptors (Lipinski definition) is 8. The van der Waals surface area contributed by atoms with E-state index in [0.29, 0.717) is 29.5 Å². The summed E-state index contributed by atoms with van der Waals surface area (Å²) in [4.78, 5) is 42.2. The first-order valence-electron chi connectivity index (χ1n) is 9.68. The Morgan fingerprint density at radius 2 is 1.91 bits per heavy atom. The van der Waals surface area contributed by atoms with Gasteiger partial charge in [-0.15, -0.1) is 0 Å². The van der Waals surface area contributed by atoms with E-state index in [1.807, 2.05) is 36.4 Å². The number of aryl methyl sites for hydroxylation is 1. The molecule has 32 heavy (non-hydrogen) atoms. The molecular weight excluding hydrogens is 426 g/mol. The van der Waals surface area contributed by atoms with Crippen LogP contribution in [0.15, 0.2) is 71.0 Å². The number of thioether (sulfide) groups is 1. The van der Waals surface area contributed by atoms with Crippen molar-refractivity contribution in [3.8, 4) is 6.07 Å². The van der Waals surface area contributed by atoms with Crippen LogP contribution in [0.25, 0.3) is 11.2 Å². The van der Waals surface area contributed by atoms with Crippen LogP contribution in [0.2, 0.25) is 0 Å². The zero-order chi connectivity index (χ0) is 22.3. The number of nitriles is 1. The summed E-state index contributed by atoms with van der Waals surface area (Å²) < 4.78 is 1.53. The van der Waals surface area contributed by atoms with E-state index in [2.05, 4.69) is 25.3 Å². The lowest BCUT2D eigenvalue weighted by molar-refractivity contribution is -0.113. The minimum atomic E-state index is -0.310.